The number of hydrogen-bond acceptors (Lipinski definition) is 0. The summed E-state index contributed by atoms with van der Waals surface area (Å²) in [7, 11) is 0. The lowest BCUT2D eigenvalue weighted by atomic mass is 9.99. The van der Waals surface area contributed by atoms with Gasteiger partial charge in [-0.2, -0.15) is 0 Å². The van der Waals surface area contributed by atoms with Gasteiger partial charge in [0.15, 0.2) is 0 Å². The molecule has 0 aromatic carbocycles. The Morgan fingerprint density at radius 1 is 1.27 bits per heavy atom. The smallest absolute Gasteiger partial charge is 0.0260 e. The number of unbranched alkanes of at least 4 members (excludes halogenated alkanes) is 2. The highest BCUT2D eigenvalue weighted by Crippen LogP contribution is 2.14. The number of rotatable bonds is 5. The molecule has 0 saturated carbocycles. The lowest BCUT2D eigenvalue weighted by Crippen LogP contribution is -1.91. The minimum Gasteiger partial charge on any atom is -0.0851 e. The van der Waals surface area contributed by atoms with Crippen molar-refractivity contribution in [1.82, 2.24) is 0 Å². The van der Waals surface area contributed by atoms with Crippen LogP contribution in [0.4, 0.5) is 0 Å². The molecule has 0 N–H and O–H groups in total. The van der Waals surface area contributed by atoms with Crippen LogP contribution in [0.5, 0.6) is 0 Å². The second kappa shape index (κ2) is 6.45. The molecule has 0 radical (unpaired) electrons. The molecule has 0 unspecified atom stereocenters. The van der Waals surface area contributed by atoms with Crippen molar-refractivity contribution in [2.45, 2.75) is 53.4 Å². The summed E-state index contributed by atoms with van der Waals surface area (Å²) in [6, 6.07) is 0. The highest BCUT2D eigenvalue weighted by molar-refractivity contribution is 5.03. The fourth-order valence-corrected chi connectivity index (χ4v) is 1.28. The van der Waals surface area contributed by atoms with Crippen molar-refractivity contribution >= 4 is 0 Å². The van der Waals surface area contributed by atoms with Crippen LogP contribution in [-0.4, -0.2) is 0 Å². The number of hydrogen-bond donors (Lipinski definition) is 0. The van der Waals surface area contributed by atoms with E-state index in [9.17, 15) is 0 Å². The lowest BCUT2D eigenvalue weighted by Gasteiger charge is -2.07. The summed E-state index contributed by atoms with van der Waals surface area (Å²) < 4.78 is 0. The van der Waals surface area contributed by atoms with Gasteiger partial charge in [-0.25, -0.2) is 0 Å². The van der Waals surface area contributed by atoms with Crippen molar-refractivity contribution in [2.24, 2.45) is 5.92 Å². The Hall–Kier alpha value is -0.260. The Labute approximate surface area is 71.7 Å². The van der Waals surface area contributed by atoms with Crippen LogP contribution >= 0.6 is 0 Å². The first-order valence-corrected chi connectivity index (χ1v) is 4.91. The summed E-state index contributed by atoms with van der Waals surface area (Å²) >= 11 is 0. The maximum Gasteiger partial charge on any atom is -0.0260 e. The summed E-state index contributed by atoms with van der Waals surface area (Å²) in [6.45, 7) is 9.05. The molecular formula is C11H22. The highest BCUT2D eigenvalue weighted by atomic mass is 14.0. The monoisotopic (exact) mass is 154 g/mol. The Bertz CT molecular complexity index is 109. The molecule has 0 bridgehead atoms. The molecule has 0 spiro atoms. The first-order chi connectivity index (χ1) is 5.22. The average molecular weight is 154 g/mol. The molecule has 0 heterocycles. The van der Waals surface area contributed by atoms with Gasteiger partial charge in [0.25, 0.3) is 0 Å². The zero-order chi connectivity index (χ0) is 8.69. The van der Waals surface area contributed by atoms with E-state index >= 15 is 0 Å². The average Bonchev–Trinajstić information content (AvgIpc) is 1.97. The molecule has 0 amide bonds. The molecule has 0 fully saturated rings. The molecule has 0 aliphatic rings. The normalized spacial score (nSPS) is 12.6. The molecule has 0 heteroatoms. The van der Waals surface area contributed by atoms with Crippen LogP contribution in [0, 0.1) is 5.92 Å². The summed E-state index contributed by atoms with van der Waals surface area (Å²) in [5.41, 5.74) is 1.62. The van der Waals surface area contributed by atoms with E-state index in [-0.39, 0.29) is 0 Å². The van der Waals surface area contributed by atoms with E-state index in [4.69, 9.17) is 0 Å². The van der Waals surface area contributed by atoms with Gasteiger partial charge in [0.1, 0.15) is 0 Å². The van der Waals surface area contributed by atoms with E-state index in [1.807, 2.05) is 0 Å². The van der Waals surface area contributed by atoms with Crippen molar-refractivity contribution in [1.29, 1.82) is 0 Å². The van der Waals surface area contributed by atoms with Crippen LogP contribution in [0.2, 0.25) is 0 Å². The predicted octanol–water partition coefficient (Wildman–Crippen LogP) is 4.17. The van der Waals surface area contributed by atoms with Gasteiger partial charge in [-0.3, -0.25) is 0 Å². The summed E-state index contributed by atoms with van der Waals surface area (Å²) in [5, 5.41) is 0. The Morgan fingerprint density at radius 3 is 2.27 bits per heavy atom. The standard InChI is InChI=1S/C11H22/c1-5-7-8-9-11(6-2)10(3)4/h9-10H,5-8H2,1-4H3. The molecule has 0 atom stereocenters. The van der Waals surface area contributed by atoms with Gasteiger partial charge in [-0.15, -0.1) is 0 Å². The van der Waals surface area contributed by atoms with Crippen molar-refractivity contribution in [2.75, 3.05) is 0 Å². The van der Waals surface area contributed by atoms with Crippen molar-refractivity contribution in [3.8, 4) is 0 Å². The van der Waals surface area contributed by atoms with E-state index in [2.05, 4.69) is 33.8 Å². The van der Waals surface area contributed by atoms with Crippen molar-refractivity contribution < 1.29 is 0 Å². The summed E-state index contributed by atoms with van der Waals surface area (Å²) in [6.07, 6.45) is 7.58. The van der Waals surface area contributed by atoms with Gasteiger partial charge in [-0.05, 0) is 18.8 Å². The van der Waals surface area contributed by atoms with Crippen molar-refractivity contribution in [3.63, 3.8) is 0 Å². The van der Waals surface area contributed by atoms with E-state index < -0.39 is 0 Å². The second-order valence-electron chi connectivity index (χ2n) is 3.43. The van der Waals surface area contributed by atoms with Gasteiger partial charge >= 0.3 is 0 Å². The summed E-state index contributed by atoms with van der Waals surface area (Å²) in [5.74, 6) is 0.747. The first kappa shape index (κ1) is 10.7. The third-order valence-electron chi connectivity index (χ3n) is 2.11. The van der Waals surface area contributed by atoms with Crippen LogP contribution in [0.3, 0.4) is 0 Å². The fourth-order valence-electron chi connectivity index (χ4n) is 1.28. The molecule has 0 saturated heterocycles. The quantitative estimate of drug-likeness (QED) is 0.412. The van der Waals surface area contributed by atoms with E-state index in [1.54, 1.807) is 5.57 Å². The lowest BCUT2D eigenvalue weighted by molar-refractivity contribution is 0.713. The largest absolute Gasteiger partial charge is 0.0851 e. The highest BCUT2D eigenvalue weighted by Gasteiger charge is 1.98. The third kappa shape index (κ3) is 5.06. The third-order valence-corrected chi connectivity index (χ3v) is 2.11. The second-order valence-corrected chi connectivity index (χ2v) is 3.43. The van der Waals surface area contributed by atoms with Gasteiger partial charge in [0.05, 0.1) is 0 Å². The maximum atomic E-state index is 2.42. The first-order valence-electron chi connectivity index (χ1n) is 4.91. The summed E-state index contributed by atoms with van der Waals surface area (Å²) in [4.78, 5) is 0. The minimum absolute atomic E-state index is 0.747. The van der Waals surface area contributed by atoms with E-state index in [0.717, 1.165) is 5.92 Å². The van der Waals surface area contributed by atoms with E-state index in [0.29, 0.717) is 0 Å². The van der Waals surface area contributed by atoms with Crippen LogP contribution in [0.25, 0.3) is 0 Å². The zero-order valence-electron chi connectivity index (χ0n) is 8.48. The topological polar surface area (TPSA) is 0 Å². The minimum atomic E-state index is 0.747. The fraction of sp³-hybridized carbons (Fsp3) is 0.818. The molecule has 0 aromatic rings. The molecule has 11 heavy (non-hydrogen) atoms. The molecule has 0 aromatic heterocycles. The van der Waals surface area contributed by atoms with E-state index in [1.165, 1.54) is 25.7 Å². The Balaban J connectivity index is 3.71. The van der Waals surface area contributed by atoms with Crippen LogP contribution < -0.4 is 0 Å². The van der Waals surface area contributed by atoms with Crippen LogP contribution in [0.15, 0.2) is 11.6 Å². The molecule has 0 aliphatic heterocycles. The van der Waals surface area contributed by atoms with Crippen LogP contribution in [0.1, 0.15) is 53.4 Å². The SMILES string of the molecule is CCCCC=C(CC)C(C)C. The Kier molecular flexibility index (Phi) is 6.30. The zero-order valence-corrected chi connectivity index (χ0v) is 8.48. The van der Waals surface area contributed by atoms with Gasteiger partial charge in [0, 0.05) is 0 Å². The molecular weight excluding hydrogens is 132 g/mol. The van der Waals surface area contributed by atoms with Gasteiger partial charge in [-0.1, -0.05) is 52.2 Å². The van der Waals surface area contributed by atoms with Gasteiger partial charge < -0.3 is 0 Å². The molecule has 0 aliphatic carbocycles. The Morgan fingerprint density at radius 2 is 1.91 bits per heavy atom. The maximum absolute atomic E-state index is 2.42. The van der Waals surface area contributed by atoms with Crippen LogP contribution in [-0.2, 0) is 0 Å². The van der Waals surface area contributed by atoms with Gasteiger partial charge in [0.2, 0.25) is 0 Å². The molecule has 66 valence electrons. The number of allylic oxidation sites excluding steroid dienone is 2. The van der Waals surface area contributed by atoms with Crippen molar-refractivity contribution in [3.05, 3.63) is 11.6 Å². The molecule has 0 rings (SSSR count). The molecule has 0 nitrogen and oxygen atoms in total. The predicted molar refractivity (Wildman–Crippen MR) is 52.7 cm³/mol.